The van der Waals surface area contributed by atoms with Crippen molar-refractivity contribution in [3.8, 4) is 0 Å². The van der Waals surface area contributed by atoms with E-state index in [1.54, 1.807) is 5.48 Å². The number of rotatable bonds is 2. The Balaban J connectivity index is 2.64. The minimum absolute atomic E-state index is 0.0139. The van der Waals surface area contributed by atoms with Crippen molar-refractivity contribution in [3.63, 3.8) is 0 Å². The van der Waals surface area contributed by atoms with Crippen molar-refractivity contribution in [1.82, 2.24) is 5.48 Å². The standard InChI is InChI=1S/C8H10BrN3O/c9-7-3-1-2-6(4-7)5-11-8(10)12-13/h1-4,13H,5H2,(H3,10,11,12). The van der Waals surface area contributed by atoms with Gasteiger partial charge in [-0.2, -0.15) is 0 Å². The number of nitrogens with one attached hydrogen (secondary N) is 1. The number of aliphatic imine (C=N–C) groups is 1. The van der Waals surface area contributed by atoms with Gasteiger partial charge in [0.2, 0.25) is 5.96 Å². The van der Waals surface area contributed by atoms with Gasteiger partial charge >= 0.3 is 0 Å². The summed E-state index contributed by atoms with van der Waals surface area (Å²) in [5.41, 5.74) is 8.02. The Morgan fingerprint density at radius 1 is 1.62 bits per heavy atom. The molecule has 1 aromatic carbocycles. The quantitative estimate of drug-likeness (QED) is 0.416. The first-order valence-electron chi connectivity index (χ1n) is 3.67. The SMILES string of the molecule is NC(=NCc1cccc(Br)c1)NO. The number of nitrogens with zero attached hydrogens (tertiary/aromatic N) is 1. The van der Waals surface area contributed by atoms with Crippen molar-refractivity contribution in [2.24, 2.45) is 10.7 Å². The largest absolute Gasteiger partial charge is 0.368 e. The summed E-state index contributed by atoms with van der Waals surface area (Å²) in [6.07, 6.45) is 0. The Labute approximate surface area is 84.6 Å². The van der Waals surface area contributed by atoms with Crippen LogP contribution in [0.15, 0.2) is 33.7 Å². The third-order valence-electron chi connectivity index (χ3n) is 1.44. The van der Waals surface area contributed by atoms with Gasteiger partial charge in [0.25, 0.3) is 0 Å². The van der Waals surface area contributed by atoms with Crippen molar-refractivity contribution >= 4 is 21.9 Å². The van der Waals surface area contributed by atoms with Gasteiger partial charge in [0.15, 0.2) is 0 Å². The van der Waals surface area contributed by atoms with Crippen molar-refractivity contribution < 1.29 is 5.21 Å². The third kappa shape index (κ3) is 3.43. The number of benzene rings is 1. The van der Waals surface area contributed by atoms with E-state index in [4.69, 9.17) is 10.9 Å². The minimum Gasteiger partial charge on any atom is -0.368 e. The van der Waals surface area contributed by atoms with Crippen LogP contribution in [-0.4, -0.2) is 11.2 Å². The zero-order valence-corrected chi connectivity index (χ0v) is 8.45. The summed E-state index contributed by atoms with van der Waals surface area (Å²) >= 11 is 3.34. The molecule has 5 heteroatoms. The van der Waals surface area contributed by atoms with Crippen LogP contribution in [0.2, 0.25) is 0 Å². The highest BCUT2D eigenvalue weighted by Gasteiger charge is 1.92. The van der Waals surface area contributed by atoms with Crippen molar-refractivity contribution in [2.75, 3.05) is 0 Å². The van der Waals surface area contributed by atoms with Crippen molar-refractivity contribution in [1.29, 1.82) is 0 Å². The van der Waals surface area contributed by atoms with E-state index in [0.29, 0.717) is 6.54 Å². The molecule has 1 aromatic rings. The Bertz CT molecular complexity index is 314. The number of halogens is 1. The second-order valence-corrected chi connectivity index (χ2v) is 3.36. The molecule has 4 N–H and O–H groups in total. The molecule has 0 spiro atoms. The van der Waals surface area contributed by atoms with Gasteiger partial charge in [-0.15, -0.1) is 0 Å². The molecule has 0 aliphatic carbocycles. The van der Waals surface area contributed by atoms with E-state index < -0.39 is 0 Å². The van der Waals surface area contributed by atoms with Crippen LogP contribution in [0, 0.1) is 0 Å². The fourth-order valence-corrected chi connectivity index (χ4v) is 1.29. The number of hydrogen-bond acceptors (Lipinski definition) is 2. The monoisotopic (exact) mass is 243 g/mol. The first-order chi connectivity index (χ1) is 6.22. The molecular weight excluding hydrogens is 234 g/mol. The van der Waals surface area contributed by atoms with Crippen LogP contribution < -0.4 is 11.2 Å². The molecule has 0 fully saturated rings. The molecular formula is C8H10BrN3O. The molecule has 0 aliphatic rings. The molecule has 4 nitrogen and oxygen atoms in total. The summed E-state index contributed by atoms with van der Waals surface area (Å²) in [5.74, 6) is 0.0139. The highest BCUT2D eigenvalue weighted by Crippen LogP contribution is 2.11. The van der Waals surface area contributed by atoms with Crippen LogP contribution in [0.1, 0.15) is 5.56 Å². The lowest BCUT2D eigenvalue weighted by molar-refractivity contribution is 0.232. The smallest absolute Gasteiger partial charge is 0.213 e. The van der Waals surface area contributed by atoms with E-state index in [2.05, 4.69) is 20.9 Å². The normalized spacial score (nSPS) is 11.4. The van der Waals surface area contributed by atoms with E-state index in [-0.39, 0.29) is 5.96 Å². The maximum Gasteiger partial charge on any atom is 0.213 e. The van der Waals surface area contributed by atoms with Gasteiger partial charge in [-0.3, -0.25) is 5.21 Å². The Hall–Kier alpha value is -1.07. The second-order valence-electron chi connectivity index (χ2n) is 2.44. The fraction of sp³-hybridized carbons (Fsp3) is 0.125. The lowest BCUT2D eigenvalue weighted by Gasteiger charge is -1.99. The maximum absolute atomic E-state index is 8.35. The molecule has 0 saturated carbocycles. The maximum atomic E-state index is 8.35. The number of hydroxylamine groups is 1. The van der Waals surface area contributed by atoms with Gasteiger partial charge < -0.3 is 5.73 Å². The van der Waals surface area contributed by atoms with E-state index in [9.17, 15) is 0 Å². The van der Waals surface area contributed by atoms with Gasteiger partial charge in [0.1, 0.15) is 0 Å². The molecule has 0 aromatic heterocycles. The van der Waals surface area contributed by atoms with Crippen LogP contribution in [0.4, 0.5) is 0 Å². The summed E-state index contributed by atoms with van der Waals surface area (Å²) in [6.45, 7) is 0.443. The summed E-state index contributed by atoms with van der Waals surface area (Å²) in [7, 11) is 0. The van der Waals surface area contributed by atoms with Crippen LogP contribution in [0.3, 0.4) is 0 Å². The van der Waals surface area contributed by atoms with E-state index >= 15 is 0 Å². The lowest BCUT2D eigenvalue weighted by atomic mass is 10.2. The zero-order valence-electron chi connectivity index (χ0n) is 6.87. The molecule has 0 bridgehead atoms. The lowest BCUT2D eigenvalue weighted by Crippen LogP contribution is -2.28. The topological polar surface area (TPSA) is 70.6 Å². The first kappa shape index (κ1) is 10.0. The molecule has 0 saturated heterocycles. The highest BCUT2D eigenvalue weighted by atomic mass is 79.9. The Morgan fingerprint density at radius 3 is 3.00 bits per heavy atom. The van der Waals surface area contributed by atoms with E-state index in [1.807, 2.05) is 24.3 Å². The minimum atomic E-state index is 0.0139. The summed E-state index contributed by atoms with van der Waals surface area (Å²) in [5, 5.41) is 8.35. The summed E-state index contributed by atoms with van der Waals surface area (Å²) in [4.78, 5) is 3.87. The average molecular weight is 244 g/mol. The van der Waals surface area contributed by atoms with Gasteiger partial charge in [0.05, 0.1) is 6.54 Å². The van der Waals surface area contributed by atoms with Gasteiger partial charge in [-0.05, 0) is 17.7 Å². The Kier molecular flexibility index (Phi) is 3.72. The second kappa shape index (κ2) is 4.84. The molecule has 0 aliphatic heterocycles. The summed E-state index contributed by atoms with van der Waals surface area (Å²) in [6, 6.07) is 7.71. The fourth-order valence-electron chi connectivity index (χ4n) is 0.847. The average Bonchev–Trinajstić information content (AvgIpc) is 2.14. The van der Waals surface area contributed by atoms with Crippen LogP contribution in [0.5, 0.6) is 0 Å². The number of guanidine groups is 1. The Morgan fingerprint density at radius 2 is 2.38 bits per heavy atom. The van der Waals surface area contributed by atoms with E-state index in [1.165, 1.54) is 0 Å². The number of hydrogen-bond donors (Lipinski definition) is 3. The molecule has 0 radical (unpaired) electrons. The van der Waals surface area contributed by atoms with Crippen molar-refractivity contribution in [3.05, 3.63) is 34.3 Å². The van der Waals surface area contributed by atoms with Crippen LogP contribution in [0.25, 0.3) is 0 Å². The van der Waals surface area contributed by atoms with Gasteiger partial charge in [-0.25, -0.2) is 10.5 Å². The van der Waals surface area contributed by atoms with Crippen molar-refractivity contribution in [2.45, 2.75) is 6.54 Å². The molecule has 70 valence electrons. The first-order valence-corrected chi connectivity index (χ1v) is 4.46. The number of nitrogens with two attached hydrogens (primary N) is 1. The van der Waals surface area contributed by atoms with Gasteiger partial charge in [-0.1, -0.05) is 28.1 Å². The molecule has 0 unspecified atom stereocenters. The van der Waals surface area contributed by atoms with E-state index in [0.717, 1.165) is 10.0 Å². The zero-order chi connectivity index (χ0) is 9.68. The summed E-state index contributed by atoms with van der Waals surface area (Å²) < 4.78 is 0.996. The van der Waals surface area contributed by atoms with Crippen LogP contribution >= 0.6 is 15.9 Å². The molecule has 1 rings (SSSR count). The molecule has 0 atom stereocenters. The highest BCUT2D eigenvalue weighted by molar-refractivity contribution is 9.10. The van der Waals surface area contributed by atoms with Gasteiger partial charge in [0, 0.05) is 4.47 Å². The third-order valence-corrected chi connectivity index (χ3v) is 1.93. The predicted octanol–water partition coefficient (Wildman–Crippen LogP) is 1.24. The molecule has 13 heavy (non-hydrogen) atoms. The molecule has 0 heterocycles. The van der Waals surface area contributed by atoms with Crippen LogP contribution in [-0.2, 0) is 6.54 Å². The predicted molar refractivity (Wildman–Crippen MR) is 54.4 cm³/mol. The molecule has 0 amide bonds.